The van der Waals surface area contributed by atoms with Gasteiger partial charge in [-0.1, -0.05) is 0 Å². The van der Waals surface area contributed by atoms with Crippen LogP contribution in [0, 0.1) is 0 Å². The van der Waals surface area contributed by atoms with Gasteiger partial charge in [0.2, 0.25) is 0 Å². The van der Waals surface area contributed by atoms with E-state index in [0.29, 0.717) is 0 Å². The van der Waals surface area contributed by atoms with Gasteiger partial charge in [0.15, 0.2) is 0 Å². The average molecular weight is 159 g/mol. The Balaban J connectivity index is 0.000000112. The van der Waals surface area contributed by atoms with Gasteiger partial charge in [0, 0.05) is 6.54 Å². The first kappa shape index (κ1) is 8.97. The summed E-state index contributed by atoms with van der Waals surface area (Å²) in [5, 5.41) is 5.39. The van der Waals surface area contributed by atoms with Gasteiger partial charge in [0.1, 0.15) is 0 Å². The van der Waals surface area contributed by atoms with Crippen LogP contribution in [0.15, 0.2) is 0 Å². The van der Waals surface area contributed by atoms with Crippen molar-refractivity contribution >= 4 is 0 Å². The average Bonchev–Trinajstić information content (AvgIpc) is 2.64. The molecule has 0 aliphatic carbocycles. The van der Waals surface area contributed by atoms with Gasteiger partial charge in [-0.3, -0.25) is 5.32 Å². The zero-order chi connectivity index (χ0) is 7.78. The van der Waals surface area contributed by atoms with Crippen LogP contribution in [-0.4, -0.2) is 33.0 Å². The molecule has 0 aromatic rings. The second-order valence-electron chi connectivity index (χ2n) is 2.98. The largest absolute Gasteiger partial charge is 0.365 e. The fraction of sp³-hybridized carbons (Fsp3) is 1.00. The van der Waals surface area contributed by atoms with E-state index in [9.17, 15) is 0 Å². The van der Waals surface area contributed by atoms with Gasteiger partial charge in [0.05, 0.1) is 26.4 Å². The summed E-state index contributed by atoms with van der Waals surface area (Å²) in [5.41, 5.74) is 0. The standard InChI is InChI=1S/C5H11N.C3H7NO/c1-2-4-6-5-3-1;1-2-5-3-4-1/h6H,1-5H2;4H,1-3H2/p+1. The molecule has 0 amide bonds. The number of rotatable bonds is 0. The number of piperidine rings is 1. The highest BCUT2D eigenvalue weighted by Gasteiger charge is 1.97. The second-order valence-corrected chi connectivity index (χ2v) is 2.98. The Kier molecular flexibility index (Phi) is 5.37. The quantitative estimate of drug-likeness (QED) is 0.490. The number of nitrogens with two attached hydrogens (primary N) is 1. The maximum atomic E-state index is 4.83. The van der Waals surface area contributed by atoms with Crippen LogP contribution in [0.4, 0.5) is 0 Å². The smallest absolute Gasteiger partial charge is 0.0966 e. The Bertz CT molecular complexity index is 61.0. The monoisotopic (exact) mass is 159 g/mol. The molecule has 0 unspecified atom stereocenters. The predicted octanol–water partition coefficient (Wildman–Crippen LogP) is -0.703. The van der Waals surface area contributed by atoms with Crippen LogP contribution in [-0.2, 0) is 4.74 Å². The van der Waals surface area contributed by atoms with Crippen LogP contribution >= 0.6 is 0 Å². The Morgan fingerprint density at radius 2 is 1.91 bits per heavy atom. The number of nitrogens with one attached hydrogen (secondary N) is 1. The maximum absolute atomic E-state index is 4.83. The Hall–Kier alpha value is -0.120. The molecule has 0 spiro atoms. The van der Waals surface area contributed by atoms with E-state index in [1.807, 2.05) is 0 Å². The van der Waals surface area contributed by atoms with Gasteiger partial charge in [-0.05, 0) is 19.3 Å². The van der Waals surface area contributed by atoms with Crippen LogP contribution in [0.3, 0.4) is 0 Å². The van der Waals surface area contributed by atoms with E-state index in [1.165, 1.54) is 32.4 Å². The van der Waals surface area contributed by atoms with Crippen molar-refractivity contribution in [1.82, 2.24) is 5.32 Å². The van der Waals surface area contributed by atoms with E-state index >= 15 is 0 Å². The molecule has 2 heterocycles. The summed E-state index contributed by atoms with van der Waals surface area (Å²) in [4.78, 5) is 0. The number of ether oxygens (including phenoxy) is 1. The van der Waals surface area contributed by atoms with Gasteiger partial charge >= 0.3 is 0 Å². The summed E-state index contributed by atoms with van der Waals surface area (Å²) < 4.78 is 4.83. The predicted molar refractivity (Wildman–Crippen MR) is 44.3 cm³/mol. The summed E-state index contributed by atoms with van der Waals surface area (Å²) in [7, 11) is 0. The Labute approximate surface area is 68.5 Å². The van der Waals surface area contributed by atoms with E-state index < -0.39 is 0 Å². The number of hydrogen-bond acceptors (Lipinski definition) is 2. The first-order valence-electron chi connectivity index (χ1n) is 4.60. The van der Waals surface area contributed by atoms with Crippen LogP contribution < -0.4 is 10.6 Å². The molecular formula is C8H19N2O+. The third-order valence-electron chi connectivity index (χ3n) is 1.94. The Morgan fingerprint density at radius 3 is 2.09 bits per heavy atom. The molecule has 66 valence electrons. The molecule has 3 heteroatoms. The lowest BCUT2D eigenvalue weighted by atomic mass is 10.2. The molecule has 2 fully saturated rings. The molecule has 0 aromatic heterocycles. The van der Waals surface area contributed by atoms with Crippen molar-refractivity contribution in [2.45, 2.75) is 19.3 Å². The van der Waals surface area contributed by atoms with Gasteiger partial charge in [-0.15, -0.1) is 0 Å². The van der Waals surface area contributed by atoms with Crippen molar-refractivity contribution in [1.29, 1.82) is 0 Å². The SMILES string of the molecule is C1CC[NH2+]CC1.C1COCN1. The van der Waals surface area contributed by atoms with Crippen molar-refractivity contribution < 1.29 is 10.1 Å². The topological polar surface area (TPSA) is 37.9 Å². The van der Waals surface area contributed by atoms with Crippen LogP contribution in [0.25, 0.3) is 0 Å². The number of quaternary nitrogens is 1. The molecule has 0 saturated carbocycles. The van der Waals surface area contributed by atoms with Crippen molar-refractivity contribution in [2.24, 2.45) is 0 Å². The normalized spacial score (nSPS) is 24.0. The second kappa shape index (κ2) is 6.58. The van der Waals surface area contributed by atoms with Crippen molar-refractivity contribution in [3.05, 3.63) is 0 Å². The number of hydrogen-bond donors (Lipinski definition) is 2. The molecule has 2 rings (SSSR count). The van der Waals surface area contributed by atoms with E-state index in [4.69, 9.17) is 4.74 Å². The molecule has 0 aromatic carbocycles. The molecule has 2 saturated heterocycles. The summed E-state index contributed by atoms with van der Waals surface area (Å²) in [5.74, 6) is 0. The van der Waals surface area contributed by atoms with E-state index in [2.05, 4.69) is 10.6 Å². The highest BCUT2D eigenvalue weighted by atomic mass is 16.5. The zero-order valence-corrected chi connectivity index (χ0v) is 7.14. The molecule has 3 nitrogen and oxygen atoms in total. The fourth-order valence-corrected chi connectivity index (χ4v) is 1.26. The van der Waals surface area contributed by atoms with Crippen LogP contribution in [0.2, 0.25) is 0 Å². The molecule has 0 bridgehead atoms. The molecule has 0 atom stereocenters. The van der Waals surface area contributed by atoms with Gasteiger partial charge in [-0.25, -0.2) is 0 Å². The molecular weight excluding hydrogens is 140 g/mol. The van der Waals surface area contributed by atoms with Gasteiger partial charge in [-0.2, -0.15) is 0 Å². The van der Waals surface area contributed by atoms with Gasteiger partial charge < -0.3 is 10.1 Å². The first-order valence-corrected chi connectivity index (χ1v) is 4.60. The Morgan fingerprint density at radius 1 is 1.09 bits per heavy atom. The highest BCUT2D eigenvalue weighted by Crippen LogP contribution is 1.91. The molecule has 2 aliphatic heterocycles. The molecule has 11 heavy (non-hydrogen) atoms. The summed E-state index contributed by atoms with van der Waals surface area (Å²) >= 11 is 0. The zero-order valence-electron chi connectivity index (χ0n) is 7.14. The van der Waals surface area contributed by atoms with E-state index in [0.717, 1.165) is 19.9 Å². The van der Waals surface area contributed by atoms with Gasteiger partial charge in [0.25, 0.3) is 0 Å². The minimum atomic E-state index is 0.750. The maximum Gasteiger partial charge on any atom is 0.0966 e. The molecule has 3 N–H and O–H groups in total. The van der Waals surface area contributed by atoms with E-state index in [-0.39, 0.29) is 0 Å². The minimum absolute atomic E-state index is 0.750. The summed E-state index contributed by atoms with van der Waals surface area (Å²) in [6.45, 7) is 5.42. The van der Waals surface area contributed by atoms with Crippen molar-refractivity contribution in [3.63, 3.8) is 0 Å². The highest BCUT2D eigenvalue weighted by molar-refractivity contribution is 4.43. The van der Waals surface area contributed by atoms with Crippen molar-refractivity contribution in [2.75, 3.05) is 33.0 Å². The third kappa shape index (κ3) is 5.18. The fourth-order valence-electron chi connectivity index (χ4n) is 1.26. The molecule has 2 aliphatic rings. The summed E-state index contributed by atoms with van der Waals surface area (Å²) in [6, 6.07) is 0. The summed E-state index contributed by atoms with van der Waals surface area (Å²) in [6.07, 6.45) is 4.36. The van der Waals surface area contributed by atoms with Crippen LogP contribution in [0.1, 0.15) is 19.3 Å². The lowest BCUT2D eigenvalue weighted by Crippen LogP contribution is -2.85. The molecule has 0 radical (unpaired) electrons. The lowest BCUT2D eigenvalue weighted by Gasteiger charge is -2.05. The lowest BCUT2D eigenvalue weighted by molar-refractivity contribution is -0.662. The van der Waals surface area contributed by atoms with Crippen molar-refractivity contribution in [3.8, 4) is 0 Å². The van der Waals surface area contributed by atoms with Crippen LogP contribution in [0.5, 0.6) is 0 Å². The first-order chi connectivity index (χ1) is 5.50. The third-order valence-corrected chi connectivity index (χ3v) is 1.94. The minimum Gasteiger partial charge on any atom is -0.365 e. The van der Waals surface area contributed by atoms with E-state index in [1.54, 1.807) is 0 Å².